The first-order chi connectivity index (χ1) is 13.1. The van der Waals surface area contributed by atoms with Gasteiger partial charge in [0.05, 0.1) is 20.3 Å². The molecule has 1 saturated heterocycles. The molecule has 6 nitrogen and oxygen atoms in total. The number of rotatable bonds is 6. The number of carbonyl (C=O) groups excluding carboxylic acids is 1. The smallest absolute Gasteiger partial charge is 0.251 e. The van der Waals surface area contributed by atoms with Gasteiger partial charge in [0, 0.05) is 31.2 Å². The largest absolute Gasteiger partial charge is 0.504 e. The number of benzene rings is 2. The van der Waals surface area contributed by atoms with Gasteiger partial charge in [-0.1, -0.05) is 18.2 Å². The SMILES string of the molecule is COc1cc(-c2cccc(C(=O)NC[C@H](C)N3CCOCC3)c2)ccc1O. The maximum atomic E-state index is 12.6. The highest BCUT2D eigenvalue weighted by atomic mass is 16.5. The normalized spacial score (nSPS) is 15.9. The standard InChI is InChI=1S/C21H26N2O4/c1-15(23-8-10-27-11-9-23)14-22-21(25)18-5-3-4-16(12-18)17-6-7-19(24)20(13-17)26-2/h3-7,12-13,15,24H,8-11,14H2,1-2H3,(H,22,25)/t15-/m0/s1. The van der Waals surface area contributed by atoms with Crippen molar-refractivity contribution < 1.29 is 19.4 Å². The van der Waals surface area contributed by atoms with Crippen molar-refractivity contribution >= 4 is 5.91 Å². The molecular formula is C21H26N2O4. The van der Waals surface area contributed by atoms with Crippen LogP contribution in [0.2, 0.25) is 0 Å². The summed E-state index contributed by atoms with van der Waals surface area (Å²) < 4.78 is 10.5. The zero-order valence-corrected chi connectivity index (χ0v) is 15.8. The number of ether oxygens (including phenoxy) is 2. The van der Waals surface area contributed by atoms with Crippen molar-refractivity contribution in [3.05, 3.63) is 48.0 Å². The molecular weight excluding hydrogens is 344 g/mol. The van der Waals surface area contributed by atoms with Crippen molar-refractivity contribution in [3.63, 3.8) is 0 Å². The molecule has 1 fully saturated rings. The molecule has 1 heterocycles. The fourth-order valence-corrected chi connectivity index (χ4v) is 3.19. The Morgan fingerprint density at radius 2 is 1.96 bits per heavy atom. The maximum Gasteiger partial charge on any atom is 0.251 e. The number of nitrogens with one attached hydrogen (secondary N) is 1. The second-order valence-corrected chi connectivity index (χ2v) is 6.67. The Labute approximate surface area is 159 Å². The van der Waals surface area contributed by atoms with Gasteiger partial charge >= 0.3 is 0 Å². The fraction of sp³-hybridized carbons (Fsp3) is 0.381. The van der Waals surface area contributed by atoms with Crippen LogP contribution in [-0.4, -0.2) is 61.9 Å². The van der Waals surface area contributed by atoms with Crippen LogP contribution in [-0.2, 0) is 4.74 Å². The molecule has 0 saturated carbocycles. The first-order valence-corrected chi connectivity index (χ1v) is 9.16. The minimum atomic E-state index is -0.0947. The Hall–Kier alpha value is -2.57. The summed E-state index contributed by atoms with van der Waals surface area (Å²) in [5.74, 6) is 0.400. The van der Waals surface area contributed by atoms with Crippen LogP contribution in [0.3, 0.4) is 0 Å². The number of morpholine rings is 1. The highest BCUT2D eigenvalue weighted by Gasteiger charge is 2.18. The molecule has 0 bridgehead atoms. The van der Waals surface area contributed by atoms with E-state index in [0.29, 0.717) is 17.9 Å². The van der Waals surface area contributed by atoms with E-state index < -0.39 is 0 Å². The van der Waals surface area contributed by atoms with Crippen LogP contribution < -0.4 is 10.1 Å². The molecule has 0 unspecified atom stereocenters. The molecule has 0 aromatic heterocycles. The van der Waals surface area contributed by atoms with E-state index in [1.165, 1.54) is 7.11 Å². The summed E-state index contributed by atoms with van der Waals surface area (Å²) in [5, 5.41) is 12.8. The van der Waals surface area contributed by atoms with Crippen LogP contribution in [0, 0.1) is 0 Å². The highest BCUT2D eigenvalue weighted by Crippen LogP contribution is 2.31. The second kappa shape index (κ2) is 8.88. The zero-order chi connectivity index (χ0) is 19.2. The van der Waals surface area contributed by atoms with E-state index in [1.54, 1.807) is 24.3 Å². The third-order valence-corrected chi connectivity index (χ3v) is 4.86. The predicted molar refractivity (Wildman–Crippen MR) is 104 cm³/mol. The molecule has 2 N–H and O–H groups in total. The van der Waals surface area contributed by atoms with E-state index in [2.05, 4.69) is 17.1 Å². The van der Waals surface area contributed by atoms with Gasteiger partial charge < -0.3 is 19.9 Å². The van der Waals surface area contributed by atoms with E-state index in [1.807, 2.05) is 18.2 Å². The van der Waals surface area contributed by atoms with E-state index in [0.717, 1.165) is 37.4 Å². The van der Waals surface area contributed by atoms with E-state index >= 15 is 0 Å². The molecule has 0 spiro atoms. The summed E-state index contributed by atoms with van der Waals surface area (Å²) in [5.41, 5.74) is 2.37. The van der Waals surface area contributed by atoms with Gasteiger partial charge in [-0.15, -0.1) is 0 Å². The molecule has 1 amide bonds. The molecule has 27 heavy (non-hydrogen) atoms. The number of hydrogen-bond acceptors (Lipinski definition) is 5. The molecule has 3 rings (SSSR count). The lowest BCUT2D eigenvalue weighted by molar-refractivity contribution is 0.0204. The number of nitrogens with zero attached hydrogens (tertiary/aromatic N) is 1. The molecule has 1 atom stereocenters. The Bertz CT molecular complexity index is 788. The third kappa shape index (κ3) is 4.78. The number of phenolic OH excluding ortho intramolecular Hbond substituents is 1. The lowest BCUT2D eigenvalue weighted by atomic mass is 10.0. The Kier molecular flexibility index (Phi) is 6.32. The summed E-state index contributed by atoms with van der Waals surface area (Å²) in [6.45, 7) is 6.00. The van der Waals surface area contributed by atoms with Crippen molar-refractivity contribution in [2.24, 2.45) is 0 Å². The van der Waals surface area contributed by atoms with Gasteiger partial charge in [0.15, 0.2) is 11.5 Å². The minimum absolute atomic E-state index is 0.0900. The maximum absolute atomic E-state index is 12.6. The highest BCUT2D eigenvalue weighted by molar-refractivity contribution is 5.95. The monoisotopic (exact) mass is 370 g/mol. The molecule has 0 aliphatic carbocycles. The van der Waals surface area contributed by atoms with Gasteiger partial charge in [-0.25, -0.2) is 0 Å². The van der Waals surface area contributed by atoms with Crippen molar-refractivity contribution in [1.29, 1.82) is 0 Å². The average Bonchev–Trinajstić information content (AvgIpc) is 2.72. The molecule has 144 valence electrons. The van der Waals surface area contributed by atoms with Crippen LogP contribution in [0.4, 0.5) is 0 Å². The second-order valence-electron chi connectivity index (χ2n) is 6.67. The van der Waals surface area contributed by atoms with Crippen LogP contribution in [0.15, 0.2) is 42.5 Å². The number of phenols is 1. The fourth-order valence-electron chi connectivity index (χ4n) is 3.19. The summed E-state index contributed by atoms with van der Waals surface area (Å²) in [4.78, 5) is 14.9. The molecule has 2 aromatic rings. The molecule has 1 aliphatic heterocycles. The summed E-state index contributed by atoms with van der Waals surface area (Å²) in [7, 11) is 1.51. The zero-order valence-electron chi connectivity index (χ0n) is 15.8. The van der Waals surface area contributed by atoms with Crippen LogP contribution in [0.1, 0.15) is 17.3 Å². The molecule has 2 aromatic carbocycles. The van der Waals surface area contributed by atoms with E-state index in [4.69, 9.17) is 9.47 Å². The molecule has 0 radical (unpaired) electrons. The summed E-state index contributed by atoms with van der Waals surface area (Å²) in [6.07, 6.45) is 0. The first kappa shape index (κ1) is 19.2. The van der Waals surface area contributed by atoms with Gasteiger partial charge in [-0.2, -0.15) is 0 Å². The Morgan fingerprint density at radius 1 is 1.22 bits per heavy atom. The van der Waals surface area contributed by atoms with Crippen LogP contribution in [0.5, 0.6) is 11.5 Å². The average molecular weight is 370 g/mol. The van der Waals surface area contributed by atoms with Gasteiger partial charge in [0.25, 0.3) is 5.91 Å². The lowest BCUT2D eigenvalue weighted by Gasteiger charge is -2.32. The quantitative estimate of drug-likeness (QED) is 0.818. The summed E-state index contributed by atoms with van der Waals surface area (Å²) >= 11 is 0. The van der Waals surface area contributed by atoms with Gasteiger partial charge in [-0.3, -0.25) is 9.69 Å². The molecule has 1 aliphatic rings. The van der Waals surface area contributed by atoms with E-state index in [9.17, 15) is 9.90 Å². The molecule has 6 heteroatoms. The topological polar surface area (TPSA) is 71.0 Å². The first-order valence-electron chi connectivity index (χ1n) is 9.16. The van der Waals surface area contributed by atoms with Crippen molar-refractivity contribution in [2.75, 3.05) is 40.0 Å². The van der Waals surface area contributed by atoms with Crippen LogP contribution >= 0.6 is 0 Å². The van der Waals surface area contributed by atoms with Crippen molar-refractivity contribution in [3.8, 4) is 22.6 Å². The van der Waals surface area contributed by atoms with Crippen molar-refractivity contribution in [2.45, 2.75) is 13.0 Å². The van der Waals surface area contributed by atoms with Crippen LogP contribution in [0.25, 0.3) is 11.1 Å². The van der Waals surface area contributed by atoms with Gasteiger partial charge in [-0.05, 0) is 42.3 Å². The van der Waals surface area contributed by atoms with Crippen molar-refractivity contribution in [1.82, 2.24) is 10.2 Å². The number of amides is 1. The number of methoxy groups -OCH3 is 1. The van der Waals surface area contributed by atoms with E-state index in [-0.39, 0.29) is 17.7 Å². The minimum Gasteiger partial charge on any atom is -0.504 e. The predicted octanol–water partition coefficient (Wildman–Crippen LogP) is 2.52. The Balaban J connectivity index is 1.66. The number of aromatic hydroxyl groups is 1. The third-order valence-electron chi connectivity index (χ3n) is 4.86. The number of hydrogen-bond donors (Lipinski definition) is 2. The number of carbonyl (C=O) groups is 1. The Morgan fingerprint density at radius 3 is 2.70 bits per heavy atom. The lowest BCUT2D eigenvalue weighted by Crippen LogP contribution is -2.47. The van der Waals surface area contributed by atoms with Gasteiger partial charge in [0.2, 0.25) is 0 Å². The summed E-state index contributed by atoms with van der Waals surface area (Å²) in [6, 6.07) is 12.8. The van der Waals surface area contributed by atoms with Gasteiger partial charge in [0.1, 0.15) is 0 Å².